The zero-order valence-corrected chi connectivity index (χ0v) is 20.5. The van der Waals surface area contributed by atoms with E-state index in [1.807, 2.05) is 13.8 Å². The number of hydrogen-bond acceptors (Lipinski definition) is 5. The molecule has 3 N–H and O–H groups in total. The number of alkyl halides is 2. The van der Waals surface area contributed by atoms with Crippen molar-refractivity contribution in [3.8, 4) is 16.9 Å². The van der Waals surface area contributed by atoms with E-state index in [0.717, 1.165) is 11.6 Å². The van der Waals surface area contributed by atoms with Gasteiger partial charge in [-0.2, -0.15) is 8.78 Å². The Morgan fingerprint density at radius 2 is 1.81 bits per heavy atom. The Labute approximate surface area is 211 Å². The molecular weight excluding hydrogens is 479 g/mol. The molecule has 2 atom stereocenters. The lowest BCUT2D eigenvalue weighted by atomic mass is 9.68. The van der Waals surface area contributed by atoms with Crippen LogP contribution in [0.4, 0.5) is 18.9 Å². The molecule has 37 heavy (non-hydrogen) atoms. The SMILES string of the molecule is CC[C@@H]1C(=N)C(=O)c2cccc3c2[C@@]2(C1=Nc1cc(F)c(-c4ccc(C(C)(C)N)cc4)cc12)C(F)(F)O3. The molecule has 6 rings (SSSR count). The fourth-order valence-electron chi connectivity index (χ4n) is 5.91. The summed E-state index contributed by atoms with van der Waals surface area (Å²) < 4.78 is 53.1. The Morgan fingerprint density at radius 1 is 1.11 bits per heavy atom. The molecule has 188 valence electrons. The number of ketones is 1. The lowest BCUT2D eigenvalue weighted by Gasteiger charge is -2.33. The maximum atomic E-state index is 16.2. The van der Waals surface area contributed by atoms with E-state index in [1.54, 1.807) is 31.2 Å². The number of Topliss-reactive ketones (excluding diaryl/α,β-unsaturated/α-hetero) is 1. The quantitative estimate of drug-likeness (QED) is 0.441. The van der Waals surface area contributed by atoms with E-state index < -0.39 is 34.6 Å². The van der Waals surface area contributed by atoms with Gasteiger partial charge in [0.05, 0.1) is 17.1 Å². The number of carbonyl (C=O) groups excluding carboxylic acids is 1. The number of carbonyl (C=O) groups is 1. The van der Waals surface area contributed by atoms with Crippen LogP contribution in [0.2, 0.25) is 0 Å². The molecule has 3 aliphatic rings. The normalized spacial score (nSPS) is 23.1. The first kappa shape index (κ1) is 23.6. The highest BCUT2D eigenvalue weighted by Crippen LogP contribution is 2.63. The van der Waals surface area contributed by atoms with Crippen LogP contribution in [0.1, 0.15) is 54.2 Å². The molecule has 5 nitrogen and oxygen atoms in total. The second-order valence-electron chi connectivity index (χ2n) is 10.4. The third kappa shape index (κ3) is 2.93. The Bertz CT molecular complexity index is 1550. The minimum Gasteiger partial charge on any atom is -0.431 e. The predicted octanol–water partition coefficient (Wildman–Crippen LogP) is 6.29. The smallest absolute Gasteiger partial charge is 0.417 e. The van der Waals surface area contributed by atoms with Gasteiger partial charge in [-0.25, -0.2) is 4.39 Å². The molecule has 3 aromatic rings. The largest absolute Gasteiger partial charge is 0.431 e. The van der Waals surface area contributed by atoms with Crippen LogP contribution in [0.5, 0.6) is 5.75 Å². The van der Waals surface area contributed by atoms with Crippen molar-refractivity contribution >= 4 is 22.9 Å². The molecular formula is C29H24F3N3O2. The monoisotopic (exact) mass is 503 g/mol. The Morgan fingerprint density at radius 3 is 2.46 bits per heavy atom. The number of fused-ring (bicyclic) bond motifs is 1. The van der Waals surface area contributed by atoms with Crippen molar-refractivity contribution in [1.29, 1.82) is 5.41 Å². The molecule has 3 aromatic carbocycles. The van der Waals surface area contributed by atoms with E-state index in [2.05, 4.69) is 4.99 Å². The summed E-state index contributed by atoms with van der Waals surface area (Å²) in [5.74, 6) is -2.37. The number of nitrogens with one attached hydrogen (secondary N) is 1. The van der Waals surface area contributed by atoms with E-state index in [-0.39, 0.29) is 51.5 Å². The highest BCUT2D eigenvalue weighted by atomic mass is 19.3. The van der Waals surface area contributed by atoms with Crippen LogP contribution >= 0.6 is 0 Å². The molecule has 0 saturated heterocycles. The van der Waals surface area contributed by atoms with Gasteiger partial charge in [-0.05, 0) is 43.5 Å². The Kier molecular flexibility index (Phi) is 4.71. The predicted molar refractivity (Wildman–Crippen MR) is 135 cm³/mol. The van der Waals surface area contributed by atoms with Gasteiger partial charge < -0.3 is 15.9 Å². The fraction of sp³-hybridized carbons (Fsp3) is 0.276. The first-order chi connectivity index (χ1) is 17.4. The standard InChI is InChI=1S/C29H24F3N3O2/c1-4-16-24(33)25(36)17-6-5-7-22-23(17)28(29(31,32)37-22)19-12-18(20(30)13-21(19)35-26(16)28)14-8-10-15(11-9-14)27(2,3)34/h5-13,16,33H,4,34H2,1-3H3/t16-,28+/m1/s1. The fourth-order valence-corrected chi connectivity index (χ4v) is 5.91. The third-order valence-corrected chi connectivity index (χ3v) is 7.71. The van der Waals surface area contributed by atoms with Gasteiger partial charge in [0.25, 0.3) is 0 Å². The molecule has 0 unspecified atom stereocenters. The average Bonchev–Trinajstić information content (AvgIpc) is 3.27. The van der Waals surface area contributed by atoms with Crippen molar-refractivity contribution in [2.45, 2.75) is 44.3 Å². The minimum absolute atomic E-state index is 0.0130. The van der Waals surface area contributed by atoms with Gasteiger partial charge in [-0.15, -0.1) is 0 Å². The molecule has 2 heterocycles. The first-order valence-corrected chi connectivity index (χ1v) is 12.1. The molecule has 2 aliphatic heterocycles. The van der Waals surface area contributed by atoms with Crippen molar-refractivity contribution < 1.29 is 22.7 Å². The molecule has 0 amide bonds. The molecule has 0 radical (unpaired) electrons. The number of halogens is 3. The van der Waals surface area contributed by atoms with Crippen LogP contribution in [0, 0.1) is 17.1 Å². The summed E-state index contributed by atoms with van der Waals surface area (Å²) in [6.45, 7) is 5.41. The van der Waals surface area contributed by atoms with Crippen molar-refractivity contribution in [3.63, 3.8) is 0 Å². The lowest BCUT2D eigenvalue weighted by Crippen LogP contribution is -2.52. The van der Waals surface area contributed by atoms with E-state index in [1.165, 1.54) is 24.3 Å². The third-order valence-electron chi connectivity index (χ3n) is 7.71. The average molecular weight is 504 g/mol. The number of aliphatic imine (C=N–C) groups is 1. The van der Waals surface area contributed by atoms with E-state index >= 15 is 13.2 Å². The molecule has 1 spiro atoms. The van der Waals surface area contributed by atoms with Crippen LogP contribution in [-0.4, -0.2) is 23.3 Å². The molecule has 8 heteroatoms. The van der Waals surface area contributed by atoms with E-state index in [9.17, 15) is 4.79 Å². The molecule has 1 aliphatic carbocycles. The molecule has 0 aromatic heterocycles. The van der Waals surface area contributed by atoms with Gasteiger partial charge in [-0.3, -0.25) is 9.79 Å². The Hall–Kier alpha value is -3.78. The number of benzene rings is 3. The Balaban J connectivity index is 1.66. The van der Waals surface area contributed by atoms with E-state index in [4.69, 9.17) is 15.9 Å². The molecule has 0 fully saturated rings. The van der Waals surface area contributed by atoms with Gasteiger partial charge in [-0.1, -0.05) is 43.3 Å². The summed E-state index contributed by atoms with van der Waals surface area (Å²) in [4.78, 5) is 17.8. The summed E-state index contributed by atoms with van der Waals surface area (Å²) in [5.41, 5.74) is 4.44. The van der Waals surface area contributed by atoms with Crippen molar-refractivity contribution in [1.82, 2.24) is 0 Å². The minimum atomic E-state index is -3.82. The van der Waals surface area contributed by atoms with Gasteiger partial charge >= 0.3 is 6.11 Å². The molecule has 0 bridgehead atoms. The van der Waals surface area contributed by atoms with Gasteiger partial charge in [0, 0.05) is 39.8 Å². The topological polar surface area (TPSA) is 88.5 Å². The van der Waals surface area contributed by atoms with Gasteiger partial charge in [0.2, 0.25) is 5.78 Å². The summed E-state index contributed by atoms with van der Waals surface area (Å²) in [6, 6.07) is 13.8. The molecule has 0 saturated carbocycles. The van der Waals surface area contributed by atoms with Crippen molar-refractivity contribution in [2.24, 2.45) is 16.6 Å². The number of rotatable bonds is 3. The van der Waals surface area contributed by atoms with Crippen molar-refractivity contribution in [2.75, 3.05) is 0 Å². The highest BCUT2D eigenvalue weighted by Gasteiger charge is 2.72. The van der Waals surface area contributed by atoms with Crippen LogP contribution in [0.3, 0.4) is 0 Å². The van der Waals surface area contributed by atoms with Crippen LogP contribution in [0.25, 0.3) is 11.1 Å². The summed E-state index contributed by atoms with van der Waals surface area (Å²) in [6.07, 6.45) is -3.62. The summed E-state index contributed by atoms with van der Waals surface area (Å²) >= 11 is 0. The second kappa shape index (κ2) is 7.38. The number of nitrogens with zero attached hydrogens (tertiary/aromatic N) is 1. The zero-order chi connectivity index (χ0) is 26.5. The van der Waals surface area contributed by atoms with Crippen molar-refractivity contribution in [3.05, 3.63) is 82.7 Å². The summed E-state index contributed by atoms with van der Waals surface area (Å²) in [7, 11) is 0. The van der Waals surface area contributed by atoms with Gasteiger partial charge in [0.1, 0.15) is 11.6 Å². The highest BCUT2D eigenvalue weighted by molar-refractivity contribution is 6.51. The maximum absolute atomic E-state index is 16.2. The second-order valence-corrected chi connectivity index (χ2v) is 10.4. The maximum Gasteiger partial charge on any atom is 0.417 e. The van der Waals surface area contributed by atoms with Crippen LogP contribution in [-0.2, 0) is 11.0 Å². The number of hydrogen-bond donors (Lipinski definition) is 2. The summed E-state index contributed by atoms with van der Waals surface area (Å²) in [5, 5.41) is 8.58. The first-order valence-electron chi connectivity index (χ1n) is 12.1. The lowest BCUT2D eigenvalue weighted by molar-refractivity contribution is -0.184. The van der Waals surface area contributed by atoms with E-state index in [0.29, 0.717) is 5.56 Å². The van der Waals surface area contributed by atoms with Crippen LogP contribution in [0.15, 0.2) is 59.6 Å². The van der Waals surface area contributed by atoms with Crippen LogP contribution < -0.4 is 10.5 Å². The van der Waals surface area contributed by atoms with Gasteiger partial charge in [0.15, 0.2) is 5.41 Å². The number of ether oxygens (including phenoxy) is 1. The number of nitrogens with two attached hydrogens (primary N) is 1. The zero-order valence-electron chi connectivity index (χ0n) is 20.5.